The van der Waals surface area contributed by atoms with Gasteiger partial charge in [0, 0.05) is 25.5 Å². The van der Waals surface area contributed by atoms with E-state index in [9.17, 15) is 0 Å². The Morgan fingerprint density at radius 3 is 2.80 bits per heavy atom. The minimum absolute atomic E-state index is 0.647. The highest BCUT2D eigenvalue weighted by atomic mass is 35.5. The van der Waals surface area contributed by atoms with Crippen molar-refractivity contribution in [2.24, 2.45) is 0 Å². The van der Waals surface area contributed by atoms with Crippen molar-refractivity contribution in [2.45, 2.75) is 12.8 Å². The SMILES string of the molecule is Clc1cncc2sc(N3CCCC3)nc12. The summed E-state index contributed by atoms with van der Waals surface area (Å²) >= 11 is 7.72. The smallest absolute Gasteiger partial charge is 0.186 e. The minimum atomic E-state index is 0.647. The number of fused-ring (bicyclic) bond motifs is 1. The fraction of sp³-hybridized carbons (Fsp3) is 0.400. The molecule has 3 rings (SSSR count). The number of anilines is 1. The van der Waals surface area contributed by atoms with Crippen LogP contribution in [0.2, 0.25) is 5.02 Å². The Kier molecular flexibility index (Phi) is 2.25. The van der Waals surface area contributed by atoms with E-state index >= 15 is 0 Å². The minimum Gasteiger partial charge on any atom is -0.348 e. The maximum absolute atomic E-state index is 6.04. The third-order valence-corrected chi connectivity index (χ3v) is 3.95. The number of nitrogens with zero attached hydrogens (tertiary/aromatic N) is 3. The van der Waals surface area contributed by atoms with Crippen molar-refractivity contribution in [1.82, 2.24) is 9.97 Å². The fourth-order valence-corrected chi connectivity index (χ4v) is 3.12. The largest absolute Gasteiger partial charge is 0.348 e. The maximum atomic E-state index is 6.04. The zero-order chi connectivity index (χ0) is 10.3. The Balaban J connectivity index is 2.09. The van der Waals surface area contributed by atoms with E-state index in [0.717, 1.165) is 28.4 Å². The van der Waals surface area contributed by atoms with Gasteiger partial charge >= 0.3 is 0 Å². The molecule has 0 saturated carbocycles. The average molecular weight is 240 g/mol. The van der Waals surface area contributed by atoms with Gasteiger partial charge in [-0.2, -0.15) is 0 Å². The second-order valence-corrected chi connectivity index (χ2v) is 5.07. The molecule has 0 atom stereocenters. The third kappa shape index (κ3) is 1.58. The lowest BCUT2D eigenvalue weighted by molar-refractivity contribution is 0.949. The molecule has 0 bridgehead atoms. The predicted octanol–water partition coefficient (Wildman–Crippen LogP) is 2.94. The number of aromatic nitrogens is 2. The van der Waals surface area contributed by atoms with Crippen LogP contribution in [0.4, 0.5) is 5.13 Å². The predicted molar refractivity (Wildman–Crippen MR) is 63.9 cm³/mol. The fourth-order valence-electron chi connectivity index (χ4n) is 1.85. The van der Waals surface area contributed by atoms with E-state index in [1.807, 2.05) is 6.20 Å². The molecular weight excluding hydrogens is 230 g/mol. The van der Waals surface area contributed by atoms with Crippen molar-refractivity contribution in [3.63, 3.8) is 0 Å². The molecule has 1 fully saturated rings. The normalized spacial score (nSPS) is 16.5. The van der Waals surface area contributed by atoms with Crippen LogP contribution in [-0.2, 0) is 0 Å². The first-order valence-corrected chi connectivity index (χ1v) is 6.19. The van der Waals surface area contributed by atoms with Gasteiger partial charge in [-0.1, -0.05) is 22.9 Å². The van der Waals surface area contributed by atoms with E-state index in [2.05, 4.69) is 14.9 Å². The molecule has 5 heteroatoms. The lowest BCUT2D eigenvalue weighted by Crippen LogP contribution is -2.16. The summed E-state index contributed by atoms with van der Waals surface area (Å²) in [4.78, 5) is 11.0. The summed E-state index contributed by atoms with van der Waals surface area (Å²) in [5.41, 5.74) is 0.888. The molecule has 0 N–H and O–H groups in total. The Morgan fingerprint density at radius 1 is 1.27 bits per heavy atom. The molecule has 1 aliphatic rings. The standard InChI is InChI=1S/C10H10ClN3S/c11-7-5-12-6-8-9(7)13-10(15-8)14-3-1-2-4-14/h5-6H,1-4H2. The topological polar surface area (TPSA) is 29.0 Å². The second kappa shape index (κ2) is 3.61. The monoisotopic (exact) mass is 239 g/mol. The van der Waals surface area contributed by atoms with Crippen LogP contribution in [0.25, 0.3) is 10.2 Å². The first-order valence-electron chi connectivity index (χ1n) is 4.99. The van der Waals surface area contributed by atoms with Crippen LogP contribution in [0.3, 0.4) is 0 Å². The summed E-state index contributed by atoms with van der Waals surface area (Å²) in [6.07, 6.45) is 6.01. The molecule has 78 valence electrons. The number of thiazole rings is 1. The number of rotatable bonds is 1. The number of hydrogen-bond acceptors (Lipinski definition) is 4. The van der Waals surface area contributed by atoms with Gasteiger partial charge in [-0.05, 0) is 12.8 Å². The summed E-state index contributed by atoms with van der Waals surface area (Å²) in [6.45, 7) is 2.23. The number of halogens is 1. The van der Waals surface area contributed by atoms with Gasteiger partial charge in [-0.3, -0.25) is 4.98 Å². The average Bonchev–Trinajstić information content (AvgIpc) is 2.86. The Hall–Kier alpha value is -0.870. The van der Waals surface area contributed by atoms with E-state index in [1.165, 1.54) is 12.8 Å². The third-order valence-electron chi connectivity index (χ3n) is 2.62. The zero-order valence-corrected chi connectivity index (χ0v) is 9.68. The summed E-state index contributed by atoms with van der Waals surface area (Å²) in [7, 11) is 0. The highest BCUT2D eigenvalue weighted by Gasteiger charge is 2.17. The van der Waals surface area contributed by atoms with Crippen LogP contribution in [0.15, 0.2) is 12.4 Å². The van der Waals surface area contributed by atoms with Gasteiger partial charge in [-0.15, -0.1) is 0 Å². The highest BCUT2D eigenvalue weighted by Crippen LogP contribution is 2.33. The second-order valence-electron chi connectivity index (χ2n) is 3.66. The van der Waals surface area contributed by atoms with Crippen LogP contribution in [0, 0.1) is 0 Å². The molecule has 2 aromatic heterocycles. The van der Waals surface area contributed by atoms with Crippen molar-refractivity contribution in [3.8, 4) is 0 Å². The Morgan fingerprint density at radius 2 is 2.07 bits per heavy atom. The van der Waals surface area contributed by atoms with Crippen molar-refractivity contribution in [3.05, 3.63) is 17.4 Å². The molecule has 1 aliphatic heterocycles. The molecule has 0 unspecified atom stereocenters. The van der Waals surface area contributed by atoms with Crippen molar-refractivity contribution < 1.29 is 0 Å². The van der Waals surface area contributed by atoms with Crippen LogP contribution in [-0.4, -0.2) is 23.1 Å². The lowest BCUT2D eigenvalue weighted by Gasteiger charge is -2.11. The van der Waals surface area contributed by atoms with Crippen LogP contribution >= 0.6 is 22.9 Å². The van der Waals surface area contributed by atoms with E-state index < -0.39 is 0 Å². The molecule has 0 aliphatic carbocycles. The van der Waals surface area contributed by atoms with Gasteiger partial charge in [0.2, 0.25) is 0 Å². The summed E-state index contributed by atoms with van der Waals surface area (Å²) in [5.74, 6) is 0. The Bertz CT molecular complexity index is 490. The molecule has 2 aromatic rings. The molecular formula is C10H10ClN3S. The van der Waals surface area contributed by atoms with Crippen molar-refractivity contribution in [2.75, 3.05) is 18.0 Å². The molecule has 0 amide bonds. The van der Waals surface area contributed by atoms with Gasteiger partial charge < -0.3 is 4.90 Å². The molecule has 3 heterocycles. The molecule has 15 heavy (non-hydrogen) atoms. The summed E-state index contributed by atoms with van der Waals surface area (Å²) < 4.78 is 1.07. The van der Waals surface area contributed by atoms with E-state index in [1.54, 1.807) is 17.5 Å². The molecule has 0 radical (unpaired) electrons. The van der Waals surface area contributed by atoms with Crippen molar-refractivity contribution in [1.29, 1.82) is 0 Å². The quantitative estimate of drug-likeness (QED) is 0.766. The molecule has 0 aromatic carbocycles. The molecule has 0 spiro atoms. The number of pyridine rings is 1. The van der Waals surface area contributed by atoms with E-state index in [4.69, 9.17) is 11.6 Å². The zero-order valence-electron chi connectivity index (χ0n) is 8.11. The lowest BCUT2D eigenvalue weighted by atomic mass is 10.4. The highest BCUT2D eigenvalue weighted by molar-refractivity contribution is 7.22. The van der Waals surface area contributed by atoms with E-state index in [-0.39, 0.29) is 0 Å². The maximum Gasteiger partial charge on any atom is 0.186 e. The van der Waals surface area contributed by atoms with Crippen LogP contribution in [0.5, 0.6) is 0 Å². The Labute approximate surface area is 96.7 Å². The van der Waals surface area contributed by atoms with Crippen LogP contribution < -0.4 is 4.90 Å². The van der Waals surface area contributed by atoms with Gasteiger partial charge in [-0.25, -0.2) is 4.98 Å². The van der Waals surface area contributed by atoms with Gasteiger partial charge in [0.05, 0.1) is 9.72 Å². The summed E-state index contributed by atoms with van der Waals surface area (Å²) in [6, 6.07) is 0. The van der Waals surface area contributed by atoms with Crippen LogP contribution in [0.1, 0.15) is 12.8 Å². The van der Waals surface area contributed by atoms with Gasteiger partial charge in [0.15, 0.2) is 5.13 Å². The number of hydrogen-bond donors (Lipinski definition) is 0. The van der Waals surface area contributed by atoms with Gasteiger partial charge in [0.1, 0.15) is 5.52 Å². The first-order chi connectivity index (χ1) is 7.34. The van der Waals surface area contributed by atoms with Crippen molar-refractivity contribution >= 4 is 38.3 Å². The van der Waals surface area contributed by atoms with Gasteiger partial charge in [0.25, 0.3) is 0 Å². The molecule has 1 saturated heterocycles. The first kappa shape index (κ1) is 9.36. The molecule has 3 nitrogen and oxygen atoms in total. The van der Waals surface area contributed by atoms with E-state index in [0.29, 0.717) is 5.02 Å². The summed E-state index contributed by atoms with van der Waals surface area (Å²) in [5, 5.41) is 1.73.